The predicted molar refractivity (Wildman–Crippen MR) is 53.0 cm³/mol. The van der Waals surface area contributed by atoms with Crippen LogP contribution < -0.4 is 10.6 Å². The fourth-order valence-electron chi connectivity index (χ4n) is 1.04. The van der Waals surface area contributed by atoms with Gasteiger partial charge in [0.2, 0.25) is 5.96 Å². The molecule has 0 aliphatic heterocycles. The number of guanidine groups is 1. The minimum atomic E-state index is 0.0746. The van der Waals surface area contributed by atoms with E-state index in [-0.39, 0.29) is 5.96 Å². The average Bonchev–Trinajstić information content (AvgIpc) is 2.15. The van der Waals surface area contributed by atoms with E-state index in [0.29, 0.717) is 0 Å². The molecule has 0 aromatic heterocycles. The first kappa shape index (κ1) is 9.38. The summed E-state index contributed by atoms with van der Waals surface area (Å²) in [6, 6.07) is 7.76. The molecule has 4 heteroatoms. The van der Waals surface area contributed by atoms with Crippen LogP contribution in [0.25, 0.3) is 0 Å². The first-order valence-electron chi connectivity index (χ1n) is 3.93. The SMILES string of the molecule is Cc1cccc(N(C)/C(N)=N/O)c1. The van der Waals surface area contributed by atoms with Crippen molar-refractivity contribution >= 4 is 11.6 Å². The molecule has 0 bridgehead atoms. The van der Waals surface area contributed by atoms with Crippen molar-refractivity contribution in [1.29, 1.82) is 0 Å². The Morgan fingerprint density at radius 3 is 2.77 bits per heavy atom. The Morgan fingerprint density at radius 2 is 2.23 bits per heavy atom. The summed E-state index contributed by atoms with van der Waals surface area (Å²) in [5.41, 5.74) is 7.46. The molecule has 0 saturated heterocycles. The van der Waals surface area contributed by atoms with Gasteiger partial charge < -0.3 is 15.8 Å². The van der Waals surface area contributed by atoms with Gasteiger partial charge in [0.1, 0.15) is 0 Å². The standard InChI is InChI=1S/C9H13N3O/c1-7-4-3-5-8(6-7)12(2)9(10)11-13/h3-6,13H,1-2H3,(H2,10,11). The van der Waals surface area contributed by atoms with E-state index >= 15 is 0 Å². The van der Waals surface area contributed by atoms with Gasteiger partial charge in [-0.25, -0.2) is 0 Å². The highest BCUT2D eigenvalue weighted by atomic mass is 16.4. The summed E-state index contributed by atoms with van der Waals surface area (Å²) in [4.78, 5) is 1.60. The molecule has 0 fully saturated rings. The van der Waals surface area contributed by atoms with Crippen molar-refractivity contribution in [2.45, 2.75) is 6.92 Å². The van der Waals surface area contributed by atoms with Gasteiger partial charge in [0.15, 0.2) is 0 Å². The molecule has 1 aromatic carbocycles. The summed E-state index contributed by atoms with van der Waals surface area (Å²) in [6.45, 7) is 1.99. The molecule has 0 unspecified atom stereocenters. The Balaban J connectivity index is 2.95. The van der Waals surface area contributed by atoms with Crippen molar-refractivity contribution < 1.29 is 5.21 Å². The first-order valence-corrected chi connectivity index (χ1v) is 3.93. The van der Waals surface area contributed by atoms with Crippen molar-refractivity contribution in [1.82, 2.24) is 0 Å². The van der Waals surface area contributed by atoms with Crippen LogP contribution in [0.2, 0.25) is 0 Å². The lowest BCUT2D eigenvalue weighted by Gasteiger charge is -2.16. The van der Waals surface area contributed by atoms with Crippen LogP contribution in [0.5, 0.6) is 0 Å². The first-order chi connectivity index (χ1) is 6.15. The van der Waals surface area contributed by atoms with Crippen molar-refractivity contribution in [2.24, 2.45) is 10.9 Å². The maximum atomic E-state index is 8.46. The molecule has 0 saturated carbocycles. The number of nitrogens with zero attached hydrogens (tertiary/aromatic N) is 2. The Hall–Kier alpha value is -1.71. The molecule has 0 aliphatic carbocycles. The summed E-state index contributed by atoms with van der Waals surface area (Å²) in [6.07, 6.45) is 0. The predicted octanol–water partition coefficient (Wildman–Crippen LogP) is 1.14. The van der Waals surface area contributed by atoms with Crippen LogP contribution in [0.4, 0.5) is 5.69 Å². The molecule has 0 radical (unpaired) electrons. The summed E-state index contributed by atoms with van der Waals surface area (Å²) in [5.74, 6) is 0.0746. The third-order valence-electron chi connectivity index (χ3n) is 1.84. The minimum absolute atomic E-state index is 0.0746. The molecule has 1 rings (SSSR count). The van der Waals surface area contributed by atoms with Gasteiger partial charge in [-0.1, -0.05) is 17.3 Å². The van der Waals surface area contributed by atoms with Gasteiger partial charge >= 0.3 is 0 Å². The Morgan fingerprint density at radius 1 is 1.54 bits per heavy atom. The second kappa shape index (κ2) is 3.80. The molecule has 1 aromatic rings. The summed E-state index contributed by atoms with van der Waals surface area (Å²) < 4.78 is 0. The quantitative estimate of drug-likeness (QED) is 0.294. The summed E-state index contributed by atoms with van der Waals surface area (Å²) >= 11 is 0. The van der Waals surface area contributed by atoms with Crippen molar-refractivity contribution in [3.8, 4) is 0 Å². The second-order valence-electron chi connectivity index (χ2n) is 2.86. The molecule has 70 valence electrons. The van der Waals surface area contributed by atoms with E-state index in [2.05, 4.69) is 5.16 Å². The highest BCUT2D eigenvalue weighted by Crippen LogP contribution is 2.13. The molecule has 0 spiro atoms. The average molecular weight is 179 g/mol. The number of hydrogen-bond donors (Lipinski definition) is 2. The number of nitrogens with two attached hydrogens (primary N) is 1. The number of hydrogen-bond acceptors (Lipinski definition) is 2. The molecular weight excluding hydrogens is 166 g/mol. The maximum absolute atomic E-state index is 8.46. The molecule has 3 N–H and O–H groups in total. The Labute approximate surface area is 77.3 Å². The van der Waals surface area contributed by atoms with Crippen molar-refractivity contribution in [3.05, 3.63) is 29.8 Å². The van der Waals surface area contributed by atoms with E-state index in [4.69, 9.17) is 10.9 Å². The van der Waals surface area contributed by atoms with Gasteiger partial charge in [0.25, 0.3) is 0 Å². The monoisotopic (exact) mass is 179 g/mol. The molecule has 4 nitrogen and oxygen atoms in total. The van der Waals surface area contributed by atoms with E-state index in [1.165, 1.54) is 0 Å². The number of rotatable bonds is 1. The molecule has 0 heterocycles. The van der Waals surface area contributed by atoms with Crippen LogP contribution in [0.15, 0.2) is 29.4 Å². The van der Waals surface area contributed by atoms with Gasteiger partial charge in [-0.05, 0) is 24.6 Å². The van der Waals surface area contributed by atoms with Gasteiger partial charge in [-0.2, -0.15) is 0 Å². The van der Waals surface area contributed by atoms with E-state index in [1.54, 1.807) is 11.9 Å². The smallest absolute Gasteiger partial charge is 0.237 e. The van der Waals surface area contributed by atoms with Crippen LogP contribution in [-0.2, 0) is 0 Å². The lowest BCUT2D eigenvalue weighted by atomic mass is 10.2. The zero-order chi connectivity index (χ0) is 9.84. The zero-order valence-corrected chi connectivity index (χ0v) is 7.73. The molecule has 13 heavy (non-hydrogen) atoms. The van der Waals surface area contributed by atoms with Gasteiger partial charge in [0, 0.05) is 12.7 Å². The lowest BCUT2D eigenvalue weighted by molar-refractivity contribution is 0.317. The largest absolute Gasteiger partial charge is 0.408 e. The van der Waals surface area contributed by atoms with E-state index in [0.717, 1.165) is 11.3 Å². The molecule has 0 atom stereocenters. The fraction of sp³-hybridized carbons (Fsp3) is 0.222. The summed E-state index contributed by atoms with van der Waals surface area (Å²) in [5, 5.41) is 11.4. The van der Waals surface area contributed by atoms with E-state index < -0.39 is 0 Å². The Bertz CT molecular complexity index is 322. The van der Waals surface area contributed by atoms with Crippen LogP contribution in [0.3, 0.4) is 0 Å². The van der Waals surface area contributed by atoms with E-state index in [1.807, 2.05) is 31.2 Å². The van der Waals surface area contributed by atoms with Crippen molar-refractivity contribution in [2.75, 3.05) is 11.9 Å². The van der Waals surface area contributed by atoms with Crippen LogP contribution in [-0.4, -0.2) is 18.2 Å². The highest BCUT2D eigenvalue weighted by molar-refractivity contribution is 5.93. The number of benzene rings is 1. The lowest BCUT2D eigenvalue weighted by Crippen LogP contribution is -2.33. The van der Waals surface area contributed by atoms with Crippen LogP contribution in [0, 0.1) is 6.92 Å². The molecular formula is C9H13N3O. The fourth-order valence-corrected chi connectivity index (χ4v) is 1.04. The van der Waals surface area contributed by atoms with Crippen LogP contribution >= 0.6 is 0 Å². The summed E-state index contributed by atoms with van der Waals surface area (Å²) in [7, 11) is 1.74. The van der Waals surface area contributed by atoms with Gasteiger partial charge in [-0.3, -0.25) is 0 Å². The third kappa shape index (κ3) is 2.11. The molecule has 0 amide bonds. The topological polar surface area (TPSA) is 61.8 Å². The van der Waals surface area contributed by atoms with E-state index in [9.17, 15) is 0 Å². The number of anilines is 1. The normalized spacial score (nSPS) is 11.4. The number of oxime groups is 1. The maximum Gasteiger partial charge on any atom is 0.237 e. The third-order valence-corrected chi connectivity index (χ3v) is 1.84. The zero-order valence-electron chi connectivity index (χ0n) is 7.73. The number of aryl methyl sites for hydroxylation is 1. The van der Waals surface area contributed by atoms with Crippen LogP contribution in [0.1, 0.15) is 5.56 Å². The highest BCUT2D eigenvalue weighted by Gasteiger charge is 2.04. The van der Waals surface area contributed by atoms with Gasteiger partial charge in [0.05, 0.1) is 0 Å². The second-order valence-corrected chi connectivity index (χ2v) is 2.86. The minimum Gasteiger partial charge on any atom is -0.408 e. The Kier molecular flexibility index (Phi) is 2.74. The molecule has 0 aliphatic rings. The van der Waals surface area contributed by atoms with Gasteiger partial charge in [-0.15, -0.1) is 0 Å². The van der Waals surface area contributed by atoms with Crippen molar-refractivity contribution in [3.63, 3.8) is 0 Å².